The van der Waals surface area contributed by atoms with Crippen LogP contribution in [0.1, 0.15) is 19.8 Å². The maximum Gasteiger partial charge on any atom is 0.157 e. The largest absolute Gasteiger partial charge is 0.387 e. The highest BCUT2D eigenvalue weighted by Gasteiger charge is 2.25. The summed E-state index contributed by atoms with van der Waals surface area (Å²) >= 11 is 5.98. The molecule has 1 aliphatic carbocycles. The fourth-order valence-electron chi connectivity index (χ4n) is 2.45. The van der Waals surface area contributed by atoms with Crippen molar-refractivity contribution in [3.05, 3.63) is 46.2 Å². The minimum atomic E-state index is -1.56. The summed E-state index contributed by atoms with van der Waals surface area (Å²) in [6.45, 7) is 2.43. The van der Waals surface area contributed by atoms with Crippen LogP contribution in [0.25, 0.3) is 0 Å². The molecule has 22 heavy (non-hydrogen) atoms. The first-order chi connectivity index (χ1) is 10.4. The second kappa shape index (κ2) is 7.09. The lowest BCUT2D eigenvalue weighted by molar-refractivity contribution is 0.296. The molecule has 0 bridgehead atoms. The van der Waals surface area contributed by atoms with Crippen LogP contribution < -0.4 is 5.32 Å². The zero-order valence-corrected chi connectivity index (χ0v) is 13.7. The number of halogens is 3. The molecule has 0 fully saturated rings. The van der Waals surface area contributed by atoms with Gasteiger partial charge in [0.1, 0.15) is 11.0 Å². The fraction of sp³-hybridized carbons (Fsp3) is 0.438. The van der Waals surface area contributed by atoms with E-state index in [0.717, 1.165) is 22.6 Å². The van der Waals surface area contributed by atoms with Gasteiger partial charge in [0, 0.05) is 51.1 Å². The number of hydrogen-bond donors (Lipinski definition) is 1. The fourth-order valence-corrected chi connectivity index (χ4v) is 2.66. The number of nitrogens with one attached hydrogen (secondary N) is 1. The summed E-state index contributed by atoms with van der Waals surface area (Å²) in [7, 11) is 3.68. The van der Waals surface area contributed by atoms with Crippen molar-refractivity contribution < 1.29 is 8.78 Å². The van der Waals surface area contributed by atoms with E-state index in [1.54, 1.807) is 6.08 Å². The SMILES string of the molecule is CC1=N\C(Cl)=C/CN/C=C\1CC1=C(N(C)C)CC(F)C(F)=C1. The van der Waals surface area contributed by atoms with Gasteiger partial charge >= 0.3 is 0 Å². The lowest BCUT2D eigenvalue weighted by Gasteiger charge is -2.26. The molecule has 6 heteroatoms. The van der Waals surface area contributed by atoms with Gasteiger partial charge in [0.15, 0.2) is 6.17 Å². The highest BCUT2D eigenvalue weighted by molar-refractivity contribution is 6.30. The summed E-state index contributed by atoms with van der Waals surface area (Å²) in [5, 5.41) is 3.55. The van der Waals surface area contributed by atoms with Crippen molar-refractivity contribution >= 4 is 17.3 Å². The molecule has 2 aliphatic rings. The number of hydrogen-bond acceptors (Lipinski definition) is 3. The van der Waals surface area contributed by atoms with E-state index >= 15 is 0 Å². The standard InChI is InChI=1S/C16H20ClF2N3/c1-10-12(9-20-5-4-16(17)21-10)6-11-7-13(18)14(19)8-15(11)22(2)3/h4,7,9,14,20H,5-6,8H2,1-3H3/b12-9-,16-4-,21-10+. The summed E-state index contributed by atoms with van der Waals surface area (Å²) in [4.78, 5) is 6.13. The maximum absolute atomic E-state index is 13.7. The molecular weight excluding hydrogens is 308 g/mol. The molecule has 120 valence electrons. The molecule has 3 nitrogen and oxygen atoms in total. The van der Waals surface area contributed by atoms with Crippen LogP contribution in [0.3, 0.4) is 0 Å². The normalized spacial score (nSPS) is 29.8. The summed E-state index contributed by atoms with van der Waals surface area (Å²) in [6.07, 6.45) is 3.90. The van der Waals surface area contributed by atoms with Crippen molar-refractivity contribution in [3.8, 4) is 0 Å². The molecule has 0 aromatic carbocycles. The molecule has 1 aliphatic heterocycles. The van der Waals surface area contributed by atoms with Crippen molar-refractivity contribution in [1.82, 2.24) is 10.2 Å². The first-order valence-corrected chi connectivity index (χ1v) is 7.50. The van der Waals surface area contributed by atoms with Gasteiger partial charge in [0.2, 0.25) is 0 Å². The van der Waals surface area contributed by atoms with E-state index in [9.17, 15) is 8.78 Å². The van der Waals surface area contributed by atoms with Gasteiger partial charge in [-0.05, 0) is 30.2 Å². The van der Waals surface area contributed by atoms with Crippen LogP contribution in [0.2, 0.25) is 0 Å². The highest BCUT2D eigenvalue weighted by Crippen LogP contribution is 2.32. The third kappa shape index (κ3) is 3.97. The zero-order chi connectivity index (χ0) is 16.3. The molecule has 0 saturated heterocycles. The van der Waals surface area contributed by atoms with Gasteiger partial charge < -0.3 is 10.2 Å². The Hall–Kier alpha value is -1.62. The Morgan fingerprint density at radius 1 is 1.45 bits per heavy atom. The summed E-state index contributed by atoms with van der Waals surface area (Å²) in [5.74, 6) is -0.715. The van der Waals surface area contributed by atoms with Crippen LogP contribution in [0.15, 0.2) is 51.2 Å². The molecule has 0 radical (unpaired) electrons. The summed E-state index contributed by atoms with van der Waals surface area (Å²) in [5.41, 5.74) is 3.23. The van der Waals surface area contributed by atoms with E-state index in [0.29, 0.717) is 18.1 Å². The van der Waals surface area contributed by atoms with Crippen LogP contribution in [0, 0.1) is 0 Å². The Morgan fingerprint density at radius 2 is 2.18 bits per heavy atom. The van der Waals surface area contributed by atoms with E-state index in [1.165, 1.54) is 6.08 Å². The van der Waals surface area contributed by atoms with E-state index in [2.05, 4.69) is 10.3 Å². The second-order valence-corrected chi connectivity index (χ2v) is 5.93. The Balaban J connectivity index is 2.33. The molecule has 0 saturated carbocycles. The average molecular weight is 328 g/mol. The lowest BCUT2D eigenvalue weighted by Crippen LogP contribution is -2.22. The predicted octanol–water partition coefficient (Wildman–Crippen LogP) is 3.82. The van der Waals surface area contributed by atoms with Gasteiger partial charge in [0.05, 0.1) is 0 Å². The van der Waals surface area contributed by atoms with Crippen LogP contribution in [-0.2, 0) is 0 Å². The lowest BCUT2D eigenvalue weighted by atomic mass is 9.93. The van der Waals surface area contributed by atoms with Crippen LogP contribution in [0.4, 0.5) is 8.78 Å². The van der Waals surface area contributed by atoms with Crippen molar-refractivity contribution in [3.63, 3.8) is 0 Å². The number of rotatable bonds is 3. The van der Waals surface area contributed by atoms with Gasteiger partial charge in [-0.25, -0.2) is 13.8 Å². The van der Waals surface area contributed by atoms with Crippen LogP contribution in [0.5, 0.6) is 0 Å². The van der Waals surface area contributed by atoms with Crippen molar-refractivity contribution in [2.24, 2.45) is 4.99 Å². The number of alkyl halides is 1. The third-order valence-electron chi connectivity index (χ3n) is 3.68. The number of nitrogens with zero attached hydrogens (tertiary/aromatic N) is 2. The summed E-state index contributed by atoms with van der Waals surface area (Å²) < 4.78 is 27.3. The van der Waals surface area contributed by atoms with E-state index in [-0.39, 0.29) is 6.42 Å². The highest BCUT2D eigenvalue weighted by atomic mass is 35.5. The Bertz CT molecular complexity index is 601. The smallest absolute Gasteiger partial charge is 0.157 e. The van der Waals surface area contributed by atoms with Crippen molar-refractivity contribution in [2.45, 2.75) is 25.9 Å². The van der Waals surface area contributed by atoms with Gasteiger partial charge in [-0.1, -0.05) is 11.6 Å². The molecule has 0 aromatic rings. The van der Waals surface area contributed by atoms with Gasteiger partial charge in [-0.3, -0.25) is 0 Å². The minimum Gasteiger partial charge on any atom is -0.387 e. The molecule has 0 amide bonds. The topological polar surface area (TPSA) is 27.6 Å². The summed E-state index contributed by atoms with van der Waals surface area (Å²) in [6, 6.07) is 0. The molecule has 0 aromatic heterocycles. The molecular formula is C16H20ClF2N3. The molecule has 2 rings (SSSR count). The van der Waals surface area contributed by atoms with E-state index in [4.69, 9.17) is 11.6 Å². The molecule has 1 unspecified atom stereocenters. The van der Waals surface area contributed by atoms with Crippen LogP contribution >= 0.6 is 11.6 Å². The van der Waals surface area contributed by atoms with E-state index < -0.39 is 12.0 Å². The minimum absolute atomic E-state index is 0.0578. The first kappa shape index (κ1) is 16.7. The second-order valence-electron chi connectivity index (χ2n) is 5.55. The van der Waals surface area contributed by atoms with Crippen LogP contribution in [-0.4, -0.2) is 37.4 Å². The average Bonchev–Trinajstić information content (AvgIpc) is 2.43. The number of allylic oxidation sites excluding steroid dienone is 5. The van der Waals surface area contributed by atoms with Gasteiger partial charge in [-0.15, -0.1) is 0 Å². The predicted molar refractivity (Wildman–Crippen MR) is 87.2 cm³/mol. The number of aliphatic imine (C=N–C) groups is 1. The third-order valence-corrected chi connectivity index (χ3v) is 3.92. The molecule has 1 N–H and O–H groups in total. The Morgan fingerprint density at radius 3 is 2.86 bits per heavy atom. The molecule has 0 spiro atoms. The van der Waals surface area contributed by atoms with Crippen molar-refractivity contribution in [2.75, 3.05) is 20.6 Å². The van der Waals surface area contributed by atoms with Gasteiger partial charge in [-0.2, -0.15) is 0 Å². The zero-order valence-electron chi connectivity index (χ0n) is 13.0. The quantitative estimate of drug-likeness (QED) is 0.798. The van der Waals surface area contributed by atoms with Crippen molar-refractivity contribution in [1.29, 1.82) is 0 Å². The Labute approximate surface area is 134 Å². The molecule has 1 heterocycles. The van der Waals surface area contributed by atoms with E-state index in [1.807, 2.05) is 32.1 Å². The Kier molecular flexibility index (Phi) is 5.40. The monoisotopic (exact) mass is 327 g/mol. The van der Waals surface area contributed by atoms with Gasteiger partial charge in [0.25, 0.3) is 0 Å². The molecule has 1 atom stereocenters. The maximum atomic E-state index is 13.7. The first-order valence-electron chi connectivity index (χ1n) is 7.12.